The Morgan fingerprint density at radius 1 is 0.441 bits per heavy atom. The van der Waals surface area contributed by atoms with E-state index in [9.17, 15) is 74.6 Å². The second-order valence-electron chi connectivity index (χ2n) is 5.86. The van der Waals surface area contributed by atoms with Crippen LogP contribution in [0.2, 0.25) is 0 Å². The quantitative estimate of drug-likeness (QED) is 0.204. The van der Waals surface area contributed by atoms with Crippen LogP contribution < -0.4 is 0 Å². The third kappa shape index (κ3) is 4.69. The van der Waals surface area contributed by atoms with Gasteiger partial charge in [-0.05, 0) is 0 Å². The fourth-order valence-electron chi connectivity index (χ4n) is 1.72. The summed E-state index contributed by atoms with van der Waals surface area (Å²) >= 11 is 0. The molecule has 0 rings (SSSR count). The molecule has 0 saturated heterocycles. The van der Waals surface area contributed by atoms with Gasteiger partial charge in [0.1, 0.15) is 0 Å². The number of alkyl halides is 17. The van der Waals surface area contributed by atoms with Crippen LogP contribution in [0, 0.1) is 0 Å². The minimum atomic E-state index is -8.76. The molecular formula is C12H10F17NO4. The Kier molecular flexibility index (Phi) is 9.19. The SMILES string of the molecule is OCCON(OCCO)C(F)(F)C(F)(F)C(F)(F)C(F)(F)C(F)(F)C(F)(F)C(F)(F)C(F)(F)F. The highest BCUT2D eigenvalue weighted by Gasteiger charge is 2.95. The van der Waals surface area contributed by atoms with E-state index in [0.717, 1.165) is 0 Å². The first-order valence-corrected chi connectivity index (χ1v) is 7.76. The second kappa shape index (κ2) is 9.58. The lowest BCUT2D eigenvalue weighted by atomic mass is 9.90. The largest absolute Gasteiger partial charge is 0.460 e. The van der Waals surface area contributed by atoms with E-state index in [4.69, 9.17) is 10.2 Å². The highest BCUT2D eigenvalue weighted by molar-refractivity contribution is 5.14. The lowest BCUT2D eigenvalue weighted by molar-refractivity contribution is -0.532. The van der Waals surface area contributed by atoms with Crippen LogP contribution in [0.25, 0.3) is 0 Å². The zero-order chi connectivity index (χ0) is 27.8. The molecule has 0 bridgehead atoms. The van der Waals surface area contributed by atoms with Crippen LogP contribution in [0.3, 0.4) is 0 Å². The van der Waals surface area contributed by atoms with Gasteiger partial charge in [0.15, 0.2) is 0 Å². The molecule has 5 nitrogen and oxygen atoms in total. The summed E-state index contributed by atoms with van der Waals surface area (Å²) in [6.07, 6.45) is -7.84. The summed E-state index contributed by atoms with van der Waals surface area (Å²) in [4.78, 5) is 6.88. The Balaban J connectivity index is 6.73. The van der Waals surface area contributed by atoms with Crippen LogP contribution in [0.4, 0.5) is 74.6 Å². The van der Waals surface area contributed by atoms with Crippen LogP contribution in [0.1, 0.15) is 0 Å². The predicted molar refractivity (Wildman–Crippen MR) is 68.6 cm³/mol. The maximum absolute atomic E-state index is 13.8. The normalized spacial score (nSPS) is 15.9. The summed E-state index contributed by atoms with van der Waals surface area (Å²) in [5.74, 6) is -51.0. The van der Waals surface area contributed by atoms with Crippen molar-refractivity contribution in [2.45, 2.75) is 47.8 Å². The van der Waals surface area contributed by atoms with Crippen LogP contribution >= 0.6 is 0 Å². The maximum Gasteiger partial charge on any atom is 0.460 e. The van der Waals surface area contributed by atoms with Gasteiger partial charge in [0.25, 0.3) is 0 Å². The molecule has 0 aromatic rings. The van der Waals surface area contributed by atoms with Crippen molar-refractivity contribution in [3.05, 3.63) is 0 Å². The number of halogens is 17. The van der Waals surface area contributed by atoms with Crippen molar-refractivity contribution in [1.82, 2.24) is 5.23 Å². The zero-order valence-corrected chi connectivity index (χ0v) is 15.4. The topological polar surface area (TPSA) is 62.2 Å². The summed E-state index contributed by atoms with van der Waals surface area (Å²) in [7, 11) is 0. The summed E-state index contributed by atoms with van der Waals surface area (Å²) in [6.45, 7) is -6.07. The monoisotopic (exact) mass is 555 g/mol. The molecule has 0 radical (unpaired) electrons. The fourth-order valence-corrected chi connectivity index (χ4v) is 1.72. The summed E-state index contributed by atoms with van der Waals surface area (Å²) in [5.41, 5.74) is 0. The molecule has 0 unspecified atom stereocenters. The average Bonchev–Trinajstić information content (AvgIpc) is 2.65. The van der Waals surface area contributed by atoms with Gasteiger partial charge < -0.3 is 10.2 Å². The highest BCUT2D eigenvalue weighted by atomic mass is 19.4. The number of aliphatic hydroxyl groups excluding tert-OH is 2. The molecule has 0 aromatic carbocycles. The smallest absolute Gasteiger partial charge is 0.394 e. The molecule has 0 amide bonds. The van der Waals surface area contributed by atoms with Crippen molar-refractivity contribution in [2.24, 2.45) is 0 Å². The first-order valence-electron chi connectivity index (χ1n) is 7.76. The standard InChI is InChI=1S/C12H10F17NO4/c13-5(14,7(17,18)9(21,22)11(25,26)27)6(15,16)8(19,20)10(23,24)12(28,29)30(33-3-1-31)34-4-2-32/h31-32H,1-4H2. The van der Waals surface area contributed by atoms with Crippen molar-refractivity contribution < 1.29 is 94.5 Å². The molecule has 34 heavy (non-hydrogen) atoms. The summed E-state index contributed by atoms with van der Waals surface area (Å²) in [6, 6.07) is -7.12. The lowest BCUT2D eigenvalue weighted by Crippen LogP contribution is -2.75. The van der Waals surface area contributed by atoms with Crippen LogP contribution in [-0.2, 0) is 9.68 Å². The van der Waals surface area contributed by atoms with E-state index in [-0.39, 0.29) is 0 Å². The first kappa shape index (κ1) is 32.6. The Labute approximate surface area is 175 Å². The van der Waals surface area contributed by atoms with Gasteiger partial charge in [-0.15, -0.1) is 0 Å². The van der Waals surface area contributed by atoms with Gasteiger partial charge >= 0.3 is 47.8 Å². The Hall–Kier alpha value is -1.39. The van der Waals surface area contributed by atoms with E-state index in [0.29, 0.717) is 0 Å². The van der Waals surface area contributed by atoms with E-state index in [1.807, 2.05) is 0 Å². The molecule has 0 fully saturated rings. The van der Waals surface area contributed by atoms with Gasteiger partial charge in [0, 0.05) is 5.23 Å². The number of rotatable bonds is 13. The fraction of sp³-hybridized carbons (Fsp3) is 1.00. The summed E-state index contributed by atoms with van der Waals surface area (Å²) < 4.78 is 224. The molecule has 206 valence electrons. The number of nitrogens with zero attached hydrogens (tertiary/aromatic N) is 1. The van der Waals surface area contributed by atoms with E-state index in [1.165, 1.54) is 0 Å². The molecule has 0 aromatic heterocycles. The molecule has 0 saturated carbocycles. The van der Waals surface area contributed by atoms with Gasteiger partial charge in [-0.2, -0.15) is 74.6 Å². The van der Waals surface area contributed by atoms with Gasteiger partial charge in [-0.25, -0.2) is 0 Å². The van der Waals surface area contributed by atoms with Crippen molar-refractivity contribution >= 4 is 0 Å². The third-order valence-corrected chi connectivity index (χ3v) is 3.53. The lowest BCUT2D eigenvalue weighted by Gasteiger charge is -2.43. The molecular weight excluding hydrogens is 545 g/mol. The van der Waals surface area contributed by atoms with E-state index in [1.54, 1.807) is 0 Å². The zero-order valence-electron chi connectivity index (χ0n) is 15.4. The van der Waals surface area contributed by atoms with Gasteiger partial charge in [-0.3, -0.25) is 9.68 Å². The number of aliphatic hydroxyl groups is 2. The van der Waals surface area contributed by atoms with E-state index >= 15 is 0 Å². The van der Waals surface area contributed by atoms with E-state index < -0.39 is 79.4 Å². The molecule has 0 aliphatic rings. The van der Waals surface area contributed by atoms with Crippen LogP contribution in [0.15, 0.2) is 0 Å². The van der Waals surface area contributed by atoms with Crippen molar-refractivity contribution in [2.75, 3.05) is 26.4 Å². The number of hydrogen-bond donors (Lipinski definition) is 2. The molecule has 22 heteroatoms. The molecule has 0 aliphatic carbocycles. The highest BCUT2D eigenvalue weighted by Crippen LogP contribution is 2.64. The molecule has 0 spiro atoms. The maximum atomic E-state index is 13.8. The molecule has 0 atom stereocenters. The Bertz CT molecular complexity index is 672. The minimum Gasteiger partial charge on any atom is -0.394 e. The van der Waals surface area contributed by atoms with Gasteiger partial charge in [0.05, 0.1) is 26.4 Å². The van der Waals surface area contributed by atoms with Crippen molar-refractivity contribution in [3.63, 3.8) is 0 Å². The summed E-state index contributed by atoms with van der Waals surface area (Å²) in [5, 5.41) is 14.5. The predicted octanol–water partition coefficient (Wildman–Crippen LogP) is 4.10. The molecule has 0 heterocycles. The average molecular weight is 555 g/mol. The number of hydrogen-bond acceptors (Lipinski definition) is 5. The van der Waals surface area contributed by atoms with Crippen LogP contribution in [0.5, 0.6) is 0 Å². The Morgan fingerprint density at radius 2 is 0.706 bits per heavy atom. The van der Waals surface area contributed by atoms with E-state index in [2.05, 4.69) is 9.68 Å². The third-order valence-electron chi connectivity index (χ3n) is 3.53. The minimum absolute atomic E-state index is 1.43. The second-order valence-corrected chi connectivity index (χ2v) is 5.86. The van der Waals surface area contributed by atoms with Crippen LogP contribution in [-0.4, -0.2) is 89.6 Å². The van der Waals surface area contributed by atoms with Crippen molar-refractivity contribution in [1.29, 1.82) is 0 Å². The molecule has 0 aliphatic heterocycles. The Morgan fingerprint density at radius 3 is 0.971 bits per heavy atom. The van der Waals surface area contributed by atoms with Gasteiger partial charge in [-0.1, -0.05) is 0 Å². The molecule has 2 N–H and O–H groups in total. The van der Waals surface area contributed by atoms with Gasteiger partial charge in [0.2, 0.25) is 0 Å². The number of hydroxylamine groups is 2. The van der Waals surface area contributed by atoms with Crippen molar-refractivity contribution in [3.8, 4) is 0 Å². The first-order chi connectivity index (χ1) is 14.8.